The molecule has 0 radical (unpaired) electrons. The number of carbonyl (C=O) groups is 2. The molecule has 0 saturated carbocycles. The summed E-state index contributed by atoms with van der Waals surface area (Å²) in [6, 6.07) is 12.6. The van der Waals surface area contributed by atoms with Crippen LogP contribution in [0.1, 0.15) is 27.9 Å². The van der Waals surface area contributed by atoms with E-state index in [0.717, 1.165) is 40.8 Å². The highest BCUT2D eigenvalue weighted by molar-refractivity contribution is 8.00. The minimum atomic E-state index is -0.720. The third-order valence-electron chi connectivity index (χ3n) is 4.21. The van der Waals surface area contributed by atoms with Gasteiger partial charge in [0, 0.05) is 11.0 Å². The number of halogens is 2. The van der Waals surface area contributed by atoms with E-state index in [1.807, 2.05) is 30.3 Å². The molecule has 0 unspecified atom stereocenters. The number of anilines is 1. The zero-order chi connectivity index (χ0) is 22.4. The average Bonchev–Trinajstić information content (AvgIpc) is 3.13. The van der Waals surface area contributed by atoms with Crippen molar-refractivity contribution >= 4 is 40.1 Å². The molecule has 1 amide bonds. The lowest BCUT2D eigenvalue weighted by molar-refractivity contribution is -0.116. The first-order valence-corrected chi connectivity index (χ1v) is 11.3. The number of thioether (sulfide) groups is 1. The van der Waals surface area contributed by atoms with Gasteiger partial charge in [-0.25, -0.2) is 18.6 Å². The SMILES string of the molecule is CCOC(=O)c1sc(N(Cc2ccccc2)C(=O)CSc2ccc(F)cc2F)nc1C. The molecule has 162 valence electrons. The van der Waals surface area contributed by atoms with E-state index in [9.17, 15) is 18.4 Å². The molecular weight excluding hydrogens is 442 g/mol. The van der Waals surface area contributed by atoms with Crippen LogP contribution in [0, 0.1) is 18.6 Å². The molecule has 3 rings (SSSR count). The fourth-order valence-electron chi connectivity index (χ4n) is 2.72. The van der Waals surface area contributed by atoms with E-state index in [-0.39, 0.29) is 29.7 Å². The number of nitrogens with zero attached hydrogens (tertiary/aromatic N) is 2. The monoisotopic (exact) mass is 462 g/mol. The molecule has 0 atom stereocenters. The van der Waals surface area contributed by atoms with Crippen LogP contribution in [0.5, 0.6) is 0 Å². The van der Waals surface area contributed by atoms with E-state index >= 15 is 0 Å². The maximum Gasteiger partial charge on any atom is 0.350 e. The van der Waals surface area contributed by atoms with Gasteiger partial charge in [0.2, 0.25) is 5.91 Å². The van der Waals surface area contributed by atoms with Crippen molar-refractivity contribution in [2.24, 2.45) is 0 Å². The number of aromatic nitrogens is 1. The molecule has 0 spiro atoms. The first-order valence-electron chi connectivity index (χ1n) is 9.45. The zero-order valence-electron chi connectivity index (χ0n) is 16.9. The van der Waals surface area contributed by atoms with Crippen LogP contribution < -0.4 is 4.90 Å². The number of esters is 1. The van der Waals surface area contributed by atoms with E-state index in [4.69, 9.17) is 4.74 Å². The summed E-state index contributed by atoms with van der Waals surface area (Å²) >= 11 is 2.05. The van der Waals surface area contributed by atoms with Crippen molar-refractivity contribution in [2.75, 3.05) is 17.3 Å². The lowest BCUT2D eigenvalue weighted by Crippen LogP contribution is -2.31. The van der Waals surface area contributed by atoms with Crippen LogP contribution in [0.2, 0.25) is 0 Å². The molecule has 5 nitrogen and oxygen atoms in total. The van der Waals surface area contributed by atoms with Gasteiger partial charge in [-0.1, -0.05) is 41.7 Å². The number of carbonyl (C=O) groups excluding carboxylic acids is 2. The summed E-state index contributed by atoms with van der Waals surface area (Å²) < 4.78 is 32.1. The minimum absolute atomic E-state index is 0.0806. The highest BCUT2D eigenvalue weighted by Gasteiger charge is 2.24. The number of thiazole rings is 1. The predicted molar refractivity (Wildman–Crippen MR) is 118 cm³/mol. The maximum absolute atomic E-state index is 13.9. The van der Waals surface area contributed by atoms with Gasteiger partial charge in [0.1, 0.15) is 16.5 Å². The number of aryl methyl sites for hydroxylation is 1. The van der Waals surface area contributed by atoms with Gasteiger partial charge in [0.05, 0.1) is 24.6 Å². The third-order valence-corrected chi connectivity index (χ3v) is 6.40. The first-order chi connectivity index (χ1) is 14.9. The van der Waals surface area contributed by atoms with Gasteiger partial charge in [0.25, 0.3) is 0 Å². The van der Waals surface area contributed by atoms with Crippen LogP contribution in [0.4, 0.5) is 13.9 Å². The van der Waals surface area contributed by atoms with E-state index in [1.54, 1.807) is 13.8 Å². The van der Waals surface area contributed by atoms with Crippen LogP contribution >= 0.6 is 23.1 Å². The van der Waals surface area contributed by atoms with Gasteiger partial charge in [-0.3, -0.25) is 9.69 Å². The molecule has 0 bridgehead atoms. The Bertz CT molecular complexity index is 1070. The van der Waals surface area contributed by atoms with Gasteiger partial charge in [0.15, 0.2) is 5.13 Å². The Kier molecular flexibility index (Phi) is 7.75. The second kappa shape index (κ2) is 10.5. The van der Waals surface area contributed by atoms with Gasteiger partial charge in [-0.05, 0) is 31.5 Å². The maximum atomic E-state index is 13.9. The summed E-state index contributed by atoms with van der Waals surface area (Å²) in [5, 5.41) is 0.356. The Labute approximate surface area is 187 Å². The largest absolute Gasteiger partial charge is 0.462 e. The van der Waals surface area contributed by atoms with Crippen molar-refractivity contribution in [3.63, 3.8) is 0 Å². The smallest absolute Gasteiger partial charge is 0.350 e. The topological polar surface area (TPSA) is 59.5 Å². The fraction of sp³-hybridized carbons (Fsp3) is 0.227. The Balaban J connectivity index is 1.85. The van der Waals surface area contributed by atoms with E-state index in [0.29, 0.717) is 15.7 Å². The molecule has 31 heavy (non-hydrogen) atoms. The van der Waals surface area contributed by atoms with Gasteiger partial charge in [-0.15, -0.1) is 11.8 Å². The molecule has 0 fully saturated rings. The lowest BCUT2D eigenvalue weighted by atomic mass is 10.2. The highest BCUT2D eigenvalue weighted by atomic mass is 32.2. The standard InChI is InChI=1S/C22H20F2N2O3S2/c1-3-29-21(28)20-14(2)25-22(31-20)26(12-15-7-5-4-6-8-15)19(27)13-30-18-10-9-16(23)11-17(18)24/h4-11H,3,12-13H2,1-2H3. The van der Waals surface area contributed by atoms with Crippen LogP contribution in [-0.4, -0.2) is 29.2 Å². The fourth-order valence-corrected chi connectivity index (χ4v) is 4.50. The number of ether oxygens (including phenoxy) is 1. The number of amides is 1. The summed E-state index contributed by atoms with van der Waals surface area (Å²) in [6.07, 6.45) is 0. The Morgan fingerprint density at radius 1 is 1.16 bits per heavy atom. The summed E-state index contributed by atoms with van der Waals surface area (Å²) in [5.74, 6) is -2.28. The molecule has 1 aromatic heterocycles. The van der Waals surface area contributed by atoms with Gasteiger partial charge in [-0.2, -0.15) is 0 Å². The quantitative estimate of drug-likeness (QED) is 0.339. The molecular formula is C22H20F2N2O3S2. The first kappa shape index (κ1) is 22.9. The molecule has 0 aliphatic rings. The second-order valence-electron chi connectivity index (χ2n) is 6.46. The predicted octanol–water partition coefficient (Wildman–Crippen LogP) is 5.23. The van der Waals surface area contributed by atoms with Gasteiger partial charge >= 0.3 is 5.97 Å². The summed E-state index contributed by atoms with van der Waals surface area (Å²) in [4.78, 5) is 31.6. The Morgan fingerprint density at radius 2 is 1.90 bits per heavy atom. The van der Waals surface area contributed by atoms with Crippen molar-refractivity contribution in [3.05, 3.63) is 76.3 Å². The lowest BCUT2D eigenvalue weighted by Gasteiger charge is -2.20. The van der Waals surface area contributed by atoms with Crippen molar-refractivity contribution in [2.45, 2.75) is 25.3 Å². The van der Waals surface area contributed by atoms with Crippen LogP contribution in [0.25, 0.3) is 0 Å². The average molecular weight is 463 g/mol. The number of rotatable bonds is 8. The Hall–Kier alpha value is -2.78. The van der Waals surface area contributed by atoms with Crippen molar-refractivity contribution in [3.8, 4) is 0 Å². The molecule has 3 aromatic rings. The van der Waals surface area contributed by atoms with Crippen LogP contribution in [0.15, 0.2) is 53.4 Å². The number of hydrogen-bond donors (Lipinski definition) is 0. The molecule has 9 heteroatoms. The molecule has 0 N–H and O–H groups in total. The normalized spacial score (nSPS) is 10.7. The van der Waals surface area contributed by atoms with E-state index in [1.165, 1.54) is 11.0 Å². The highest BCUT2D eigenvalue weighted by Crippen LogP contribution is 2.30. The second-order valence-corrected chi connectivity index (χ2v) is 8.46. The van der Waals surface area contributed by atoms with Crippen molar-refractivity contribution < 1.29 is 23.1 Å². The molecule has 1 heterocycles. The summed E-state index contributed by atoms with van der Waals surface area (Å²) in [6.45, 7) is 3.87. The van der Waals surface area contributed by atoms with Crippen molar-refractivity contribution in [1.82, 2.24) is 4.98 Å². The van der Waals surface area contributed by atoms with E-state index in [2.05, 4.69) is 4.98 Å². The number of benzene rings is 2. The Morgan fingerprint density at radius 3 is 2.58 bits per heavy atom. The summed E-state index contributed by atoms with van der Waals surface area (Å²) in [7, 11) is 0. The summed E-state index contributed by atoms with van der Waals surface area (Å²) in [5.41, 5.74) is 1.35. The third kappa shape index (κ3) is 5.89. The van der Waals surface area contributed by atoms with Crippen molar-refractivity contribution in [1.29, 1.82) is 0 Å². The van der Waals surface area contributed by atoms with Crippen LogP contribution in [-0.2, 0) is 16.1 Å². The molecule has 0 aliphatic carbocycles. The molecule has 2 aromatic carbocycles. The van der Waals surface area contributed by atoms with E-state index < -0.39 is 17.6 Å². The van der Waals surface area contributed by atoms with Gasteiger partial charge < -0.3 is 4.74 Å². The molecule has 0 saturated heterocycles. The molecule has 0 aliphatic heterocycles. The number of hydrogen-bond acceptors (Lipinski definition) is 6. The zero-order valence-corrected chi connectivity index (χ0v) is 18.6. The van der Waals surface area contributed by atoms with Crippen LogP contribution in [0.3, 0.4) is 0 Å². The minimum Gasteiger partial charge on any atom is -0.462 e.